The van der Waals surface area contributed by atoms with E-state index in [1.807, 2.05) is 6.07 Å². The van der Waals surface area contributed by atoms with Crippen LogP contribution in [-0.2, 0) is 6.61 Å². The monoisotopic (exact) mass is 444 g/mol. The van der Waals surface area contributed by atoms with Gasteiger partial charge in [0.1, 0.15) is 34.6 Å². The summed E-state index contributed by atoms with van der Waals surface area (Å²) in [6.45, 7) is 0.178. The van der Waals surface area contributed by atoms with E-state index in [9.17, 15) is 15.0 Å². The van der Waals surface area contributed by atoms with Crippen LogP contribution in [0.25, 0.3) is 6.08 Å². The number of allylic oxidation sites excluding steroid dienone is 1. The first kappa shape index (κ1) is 21.6. The van der Waals surface area contributed by atoms with Crippen molar-refractivity contribution in [3.63, 3.8) is 0 Å². The molecule has 3 rings (SSSR count). The van der Waals surface area contributed by atoms with Crippen LogP contribution in [-0.4, -0.2) is 23.1 Å². The molecule has 3 aromatic carbocycles. The summed E-state index contributed by atoms with van der Waals surface area (Å²) in [4.78, 5) is 12.3. The standard InChI is InChI=1S/C23H18Cl2O5/c1-29-21-10-6-14(5-9-19(27)17-8-7-16(26)12-20(17)28)11-15(21)13-30-22-4-2-3-18(24)23(22)25/h2-12,26,28H,13H2,1H3/b9-5+. The highest BCUT2D eigenvalue weighted by molar-refractivity contribution is 6.42. The molecule has 0 saturated carbocycles. The van der Waals surface area contributed by atoms with Gasteiger partial charge in [0, 0.05) is 11.6 Å². The van der Waals surface area contributed by atoms with E-state index in [0.717, 1.165) is 17.2 Å². The molecule has 0 atom stereocenters. The van der Waals surface area contributed by atoms with E-state index in [1.54, 1.807) is 43.5 Å². The first-order valence-corrected chi connectivity index (χ1v) is 9.62. The highest BCUT2D eigenvalue weighted by Crippen LogP contribution is 2.33. The molecule has 0 fully saturated rings. The third-order valence-corrected chi connectivity index (χ3v) is 5.08. The average molecular weight is 445 g/mol. The Morgan fingerprint density at radius 3 is 2.57 bits per heavy atom. The van der Waals surface area contributed by atoms with Crippen LogP contribution in [0.15, 0.2) is 60.7 Å². The molecule has 0 aromatic heterocycles. The van der Waals surface area contributed by atoms with Crippen molar-refractivity contribution < 1.29 is 24.5 Å². The predicted molar refractivity (Wildman–Crippen MR) is 117 cm³/mol. The van der Waals surface area contributed by atoms with E-state index < -0.39 is 5.78 Å². The largest absolute Gasteiger partial charge is 0.508 e. The second kappa shape index (κ2) is 9.57. The third-order valence-electron chi connectivity index (χ3n) is 4.28. The fraction of sp³-hybridized carbons (Fsp3) is 0.0870. The van der Waals surface area contributed by atoms with Crippen LogP contribution < -0.4 is 9.47 Å². The molecule has 0 bridgehead atoms. The summed E-state index contributed by atoms with van der Waals surface area (Å²) >= 11 is 12.2. The molecule has 7 heteroatoms. The molecule has 5 nitrogen and oxygen atoms in total. The highest BCUT2D eigenvalue weighted by Gasteiger charge is 2.11. The highest BCUT2D eigenvalue weighted by atomic mass is 35.5. The van der Waals surface area contributed by atoms with Gasteiger partial charge in [0.2, 0.25) is 0 Å². The minimum absolute atomic E-state index is 0.0942. The van der Waals surface area contributed by atoms with Gasteiger partial charge in [-0.3, -0.25) is 4.79 Å². The number of phenolic OH excluding ortho intramolecular Hbond substituents is 2. The number of aromatic hydroxyl groups is 2. The minimum Gasteiger partial charge on any atom is -0.508 e. The summed E-state index contributed by atoms with van der Waals surface area (Å²) in [7, 11) is 1.55. The summed E-state index contributed by atoms with van der Waals surface area (Å²) in [5, 5.41) is 19.9. The summed E-state index contributed by atoms with van der Waals surface area (Å²) in [6.07, 6.45) is 2.95. The van der Waals surface area contributed by atoms with Crippen molar-refractivity contribution in [2.75, 3.05) is 7.11 Å². The quantitative estimate of drug-likeness (QED) is 0.351. The molecule has 0 amide bonds. The first-order chi connectivity index (χ1) is 14.4. The normalized spacial score (nSPS) is 10.9. The maximum absolute atomic E-state index is 12.3. The Morgan fingerprint density at radius 1 is 1.03 bits per heavy atom. The fourth-order valence-corrected chi connectivity index (χ4v) is 3.10. The number of ketones is 1. The van der Waals surface area contributed by atoms with Crippen LogP contribution in [0, 0.1) is 0 Å². The molecule has 0 spiro atoms. The molecule has 154 valence electrons. The lowest BCUT2D eigenvalue weighted by atomic mass is 10.1. The average Bonchev–Trinajstić information content (AvgIpc) is 2.73. The predicted octanol–water partition coefficient (Wildman–Crippen LogP) is 5.89. The van der Waals surface area contributed by atoms with E-state index in [2.05, 4.69) is 0 Å². The molecular weight excluding hydrogens is 427 g/mol. The van der Waals surface area contributed by atoms with E-state index >= 15 is 0 Å². The van der Waals surface area contributed by atoms with Crippen molar-refractivity contribution in [2.24, 2.45) is 0 Å². The van der Waals surface area contributed by atoms with Gasteiger partial charge < -0.3 is 19.7 Å². The van der Waals surface area contributed by atoms with Crippen LogP contribution in [0.1, 0.15) is 21.5 Å². The Balaban J connectivity index is 1.79. The first-order valence-electron chi connectivity index (χ1n) is 8.87. The topological polar surface area (TPSA) is 76.0 Å². The van der Waals surface area contributed by atoms with Gasteiger partial charge in [0.05, 0.1) is 17.7 Å². The number of carbonyl (C=O) groups is 1. The van der Waals surface area contributed by atoms with Gasteiger partial charge in [-0.1, -0.05) is 41.4 Å². The van der Waals surface area contributed by atoms with Gasteiger partial charge in [0.15, 0.2) is 5.78 Å². The molecular formula is C23H18Cl2O5. The van der Waals surface area contributed by atoms with Crippen molar-refractivity contribution in [1.29, 1.82) is 0 Å². The number of benzene rings is 3. The SMILES string of the molecule is COc1ccc(/C=C/C(=O)c2ccc(O)cc2O)cc1COc1cccc(Cl)c1Cl. The summed E-state index contributed by atoms with van der Waals surface area (Å²) < 4.78 is 11.2. The van der Waals surface area contributed by atoms with Crippen molar-refractivity contribution in [2.45, 2.75) is 6.61 Å². The summed E-state index contributed by atoms with van der Waals surface area (Å²) in [6, 6.07) is 14.3. The Labute approximate surface area is 183 Å². The number of rotatable bonds is 7. The zero-order valence-electron chi connectivity index (χ0n) is 15.9. The third kappa shape index (κ3) is 5.06. The molecule has 3 aromatic rings. The van der Waals surface area contributed by atoms with Crippen molar-refractivity contribution in [3.8, 4) is 23.0 Å². The second-order valence-corrected chi connectivity index (χ2v) is 7.10. The van der Waals surface area contributed by atoms with Gasteiger partial charge in [-0.25, -0.2) is 0 Å². The Kier molecular flexibility index (Phi) is 6.87. The Morgan fingerprint density at radius 2 is 1.83 bits per heavy atom. The van der Waals surface area contributed by atoms with Crippen LogP contribution in [0.4, 0.5) is 0 Å². The van der Waals surface area contributed by atoms with Crippen LogP contribution in [0.2, 0.25) is 10.0 Å². The Hall–Kier alpha value is -3.15. The lowest BCUT2D eigenvalue weighted by molar-refractivity contribution is 0.104. The van der Waals surface area contributed by atoms with Gasteiger partial charge >= 0.3 is 0 Å². The van der Waals surface area contributed by atoms with Crippen molar-refractivity contribution in [1.82, 2.24) is 0 Å². The van der Waals surface area contributed by atoms with Gasteiger partial charge in [-0.2, -0.15) is 0 Å². The number of hydrogen-bond donors (Lipinski definition) is 2. The smallest absolute Gasteiger partial charge is 0.189 e. The maximum atomic E-state index is 12.3. The lowest BCUT2D eigenvalue weighted by Crippen LogP contribution is -2.00. The van der Waals surface area contributed by atoms with Crippen LogP contribution >= 0.6 is 23.2 Å². The molecule has 0 aliphatic heterocycles. The molecule has 0 saturated heterocycles. The fourth-order valence-electron chi connectivity index (χ4n) is 2.76. The molecule has 0 aliphatic carbocycles. The molecule has 0 unspecified atom stereocenters. The number of halogens is 2. The molecule has 0 radical (unpaired) electrons. The lowest BCUT2D eigenvalue weighted by Gasteiger charge is -2.12. The maximum Gasteiger partial charge on any atom is 0.189 e. The number of ether oxygens (including phenoxy) is 2. The van der Waals surface area contributed by atoms with Gasteiger partial charge in [0.25, 0.3) is 0 Å². The van der Waals surface area contributed by atoms with E-state index in [4.69, 9.17) is 32.7 Å². The molecule has 2 N–H and O–H groups in total. The summed E-state index contributed by atoms with van der Waals surface area (Å²) in [5.74, 6) is 0.268. The molecule has 30 heavy (non-hydrogen) atoms. The number of phenols is 2. The van der Waals surface area contributed by atoms with E-state index in [1.165, 1.54) is 18.2 Å². The van der Waals surface area contributed by atoms with Crippen LogP contribution in [0.3, 0.4) is 0 Å². The van der Waals surface area contributed by atoms with E-state index in [-0.39, 0.29) is 23.7 Å². The number of hydrogen-bond acceptors (Lipinski definition) is 5. The molecule has 0 aliphatic rings. The van der Waals surface area contributed by atoms with Gasteiger partial charge in [-0.05, 0) is 48.0 Å². The number of methoxy groups -OCH3 is 1. The van der Waals surface area contributed by atoms with Crippen molar-refractivity contribution >= 4 is 35.1 Å². The second-order valence-electron chi connectivity index (χ2n) is 6.31. The van der Waals surface area contributed by atoms with E-state index in [0.29, 0.717) is 21.5 Å². The zero-order valence-corrected chi connectivity index (χ0v) is 17.4. The zero-order chi connectivity index (χ0) is 21.7. The van der Waals surface area contributed by atoms with Crippen molar-refractivity contribution in [3.05, 3.63) is 87.4 Å². The molecule has 0 heterocycles. The van der Waals surface area contributed by atoms with Crippen LogP contribution in [0.5, 0.6) is 23.0 Å². The van der Waals surface area contributed by atoms with Gasteiger partial charge in [-0.15, -0.1) is 0 Å². The summed E-state index contributed by atoms with van der Waals surface area (Å²) in [5.41, 5.74) is 1.57. The number of carbonyl (C=O) groups excluding carboxylic acids is 1. The Bertz CT molecular complexity index is 1110. The minimum atomic E-state index is -0.396.